The standard InChI is InChI=1S/C33H38F3NO4/c1-21(2)19-29(23-7-9-24(10-8-23)31(39)37-18-17-30(38)40-6)41-26-15-16-27(28(20-26)33(34,35)36)22-11-13-25(14-12-22)32(3,4)5/h7-16,20-21,29H,17-19H2,1-6H3,(H,37,39). The number of carbonyl (C=O) groups is 2. The van der Waals surface area contributed by atoms with E-state index in [4.69, 9.17) is 4.74 Å². The summed E-state index contributed by atoms with van der Waals surface area (Å²) in [6.45, 7) is 10.3. The monoisotopic (exact) mass is 569 g/mol. The first-order valence-corrected chi connectivity index (χ1v) is 13.6. The summed E-state index contributed by atoms with van der Waals surface area (Å²) in [4.78, 5) is 23.7. The molecule has 0 fully saturated rings. The van der Waals surface area contributed by atoms with Gasteiger partial charge >= 0.3 is 12.1 Å². The van der Waals surface area contributed by atoms with Gasteiger partial charge in [0.2, 0.25) is 0 Å². The van der Waals surface area contributed by atoms with Crippen LogP contribution in [0.5, 0.6) is 5.75 Å². The summed E-state index contributed by atoms with van der Waals surface area (Å²) in [7, 11) is 1.28. The van der Waals surface area contributed by atoms with Crippen LogP contribution >= 0.6 is 0 Å². The number of rotatable bonds is 10. The zero-order chi connectivity index (χ0) is 30.4. The molecular formula is C33H38F3NO4. The average molecular weight is 570 g/mol. The average Bonchev–Trinajstić information content (AvgIpc) is 2.91. The van der Waals surface area contributed by atoms with E-state index in [9.17, 15) is 22.8 Å². The quantitative estimate of drug-likeness (QED) is 0.251. The minimum absolute atomic E-state index is 0.0611. The van der Waals surface area contributed by atoms with Crippen molar-refractivity contribution >= 4 is 11.9 Å². The molecule has 3 rings (SSSR count). The van der Waals surface area contributed by atoms with Crippen molar-refractivity contribution in [3.05, 3.63) is 89.0 Å². The third-order valence-electron chi connectivity index (χ3n) is 6.71. The first kappa shape index (κ1) is 31.7. The molecule has 1 N–H and O–H groups in total. The number of esters is 1. The number of nitrogens with one attached hydrogen (secondary N) is 1. The summed E-state index contributed by atoms with van der Waals surface area (Å²) in [6.07, 6.45) is -4.48. The van der Waals surface area contributed by atoms with Crippen molar-refractivity contribution in [1.29, 1.82) is 0 Å². The Bertz CT molecular complexity index is 1320. The van der Waals surface area contributed by atoms with Gasteiger partial charge in [-0.3, -0.25) is 9.59 Å². The highest BCUT2D eigenvalue weighted by molar-refractivity contribution is 5.94. The van der Waals surface area contributed by atoms with Crippen molar-refractivity contribution < 1.29 is 32.2 Å². The van der Waals surface area contributed by atoms with Gasteiger partial charge in [-0.25, -0.2) is 0 Å². The topological polar surface area (TPSA) is 64.6 Å². The molecule has 0 saturated carbocycles. The van der Waals surface area contributed by atoms with E-state index in [1.807, 2.05) is 26.0 Å². The second kappa shape index (κ2) is 13.2. The van der Waals surface area contributed by atoms with Gasteiger partial charge in [0.15, 0.2) is 0 Å². The molecule has 0 aliphatic heterocycles. The van der Waals surface area contributed by atoms with Gasteiger partial charge < -0.3 is 14.8 Å². The summed E-state index contributed by atoms with van der Waals surface area (Å²) in [6, 6.07) is 18.0. The second-order valence-corrected chi connectivity index (χ2v) is 11.5. The van der Waals surface area contributed by atoms with Gasteiger partial charge in [0.25, 0.3) is 5.91 Å². The molecule has 0 aliphatic rings. The highest BCUT2D eigenvalue weighted by Gasteiger charge is 2.34. The summed E-state index contributed by atoms with van der Waals surface area (Å²) in [5.41, 5.74) is 1.87. The van der Waals surface area contributed by atoms with Crippen LogP contribution in [0.2, 0.25) is 0 Å². The van der Waals surface area contributed by atoms with E-state index in [1.54, 1.807) is 42.5 Å². The van der Waals surface area contributed by atoms with Crippen LogP contribution in [-0.4, -0.2) is 25.5 Å². The highest BCUT2D eigenvalue weighted by atomic mass is 19.4. The molecule has 0 saturated heterocycles. The van der Waals surface area contributed by atoms with E-state index in [1.165, 1.54) is 13.2 Å². The SMILES string of the molecule is COC(=O)CCNC(=O)c1ccc(C(CC(C)C)Oc2ccc(-c3ccc(C(C)(C)C)cc3)c(C(F)(F)F)c2)cc1. The predicted octanol–water partition coefficient (Wildman–Crippen LogP) is 8.13. The van der Waals surface area contributed by atoms with Gasteiger partial charge in [-0.1, -0.05) is 77.1 Å². The van der Waals surface area contributed by atoms with Crippen molar-refractivity contribution in [3.63, 3.8) is 0 Å². The Morgan fingerprint density at radius 2 is 1.54 bits per heavy atom. The fourth-order valence-electron chi connectivity index (χ4n) is 4.41. The number of benzene rings is 3. The van der Waals surface area contributed by atoms with E-state index in [2.05, 4.69) is 30.8 Å². The van der Waals surface area contributed by atoms with Crippen molar-refractivity contribution in [2.45, 2.75) is 65.2 Å². The number of hydrogen-bond donors (Lipinski definition) is 1. The lowest BCUT2D eigenvalue weighted by molar-refractivity contribution is -0.140. The Hall–Kier alpha value is -3.81. The molecule has 0 heterocycles. The smallest absolute Gasteiger partial charge is 0.417 e. The molecular weight excluding hydrogens is 531 g/mol. The molecule has 1 atom stereocenters. The molecule has 220 valence electrons. The Kier molecular flexibility index (Phi) is 10.2. The van der Waals surface area contributed by atoms with Crippen LogP contribution in [0.3, 0.4) is 0 Å². The van der Waals surface area contributed by atoms with Gasteiger partial charge in [-0.15, -0.1) is 0 Å². The normalized spacial score (nSPS) is 12.6. The molecule has 3 aromatic rings. The molecule has 41 heavy (non-hydrogen) atoms. The van der Waals surface area contributed by atoms with Gasteiger partial charge in [0.1, 0.15) is 11.9 Å². The molecule has 5 nitrogen and oxygen atoms in total. The number of amides is 1. The molecule has 0 aromatic heterocycles. The molecule has 0 radical (unpaired) electrons. The molecule has 1 amide bonds. The van der Waals surface area contributed by atoms with Crippen molar-refractivity contribution in [2.75, 3.05) is 13.7 Å². The largest absolute Gasteiger partial charge is 0.486 e. The molecule has 0 spiro atoms. The molecule has 3 aromatic carbocycles. The Labute approximate surface area is 240 Å². The first-order chi connectivity index (χ1) is 19.2. The lowest BCUT2D eigenvalue weighted by atomic mass is 9.86. The number of ether oxygens (including phenoxy) is 2. The first-order valence-electron chi connectivity index (χ1n) is 13.6. The maximum absolute atomic E-state index is 14.2. The zero-order valence-corrected chi connectivity index (χ0v) is 24.4. The van der Waals surface area contributed by atoms with E-state index < -0.39 is 23.8 Å². The van der Waals surface area contributed by atoms with Gasteiger partial charge in [-0.2, -0.15) is 13.2 Å². The minimum atomic E-state index is -4.58. The molecule has 0 bridgehead atoms. The van der Waals surface area contributed by atoms with Crippen molar-refractivity contribution in [2.24, 2.45) is 5.92 Å². The zero-order valence-electron chi connectivity index (χ0n) is 24.4. The van der Waals surface area contributed by atoms with Gasteiger partial charge in [-0.05, 0) is 64.3 Å². The van der Waals surface area contributed by atoms with Crippen LogP contribution in [0.1, 0.15) is 80.6 Å². The van der Waals surface area contributed by atoms with E-state index in [-0.39, 0.29) is 41.5 Å². The summed E-state index contributed by atoms with van der Waals surface area (Å²) < 4.78 is 53.3. The fraction of sp³-hybridized carbons (Fsp3) is 0.394. The third kappa shape index (κ3) is 8.84. The number of methoxy groups -OCH3 is 1. The summed E-state index contributed by atoms with van der Waals surface area (Å²) >= 11 is 0. The lowest BCUT2D eigenvalue weighted by Gasteiger charge is -2.23. The van der Waals surface area contributed by atoms with E-state index >= 15 is 0 Å². The van der Waals surface area contributed by atoms with Crippen molar-refractivity contribution in [1.82, 2.24) is 5.32 Å². The second-order valence-electron chi connectivity index (χ2n) is 11.5. The van der Waals surface area contributed by atoms with Gasteiger partial charge in [0.05, 0.1) is 19.1 Å². The lowest BCUT2D eigenvalue weighted by Crippen LogP contribution is -2.26. The summed E-state index contributed by atoms with van der Waals surface area (Å²) in [5, 5.41) is 2.66. The Morgan fingerprint density at radius 3 is 2.07 bits per heavy atom. The van der Waals surface area contributed by atoms with Crippen LogP contribution in [0, 0.1) is 5.92 Å². The molecule has 1 unspecified atom stereocenters. The highest BCUT2D eigenvalue weighted by Crippen LogP contribution is 2.41. The maximum Gasteiger partial charge on any atom is 0.417 e. The number of hydrogen-bond acceptors (Lipinski definition) is 4. The van der Waals surface area contributed by atoms with Crippen LogP contribution in [0.25, 0.3) is 11.1 Å². The number of alkyl halides is 3. The maximum atomic E-state index is 14.2. The van der Waals surface area contributed by atoms with Crippen LogP contribution in [0.15, 0.2) is 66.7 Å². The molecule has 0 aliphatic carbocycles. The van der Waals surface area contributed by atoms with Crippen LogP contribution in [-0.2, 0) is 21.1 Å². The Morgan fingerprint density at radius 1 is 0.902 bits per heavy atom. The fourth-order valence-corrected chi connectivity index (χ4v) is 4.41. The third-order valence-corrected chi connectivity index (χ3v) is 6.71. The molecule has 8 heteroatoms. The van der Waals surface area contributed by atoms with E-state index in [0.29, 0.717) is 17.5 Å². The van der Waals surface area contributed by atoms with Crippen LogP contribution < -0.4 is 10.1 Å². The Balaban J connectivity index is 1.85. The van der Waals surface area contributed by atoms with Crippen molar-refractivity contribution in [3.8, 4) is 16.9 Å². The number of halogens is 3. The van der Waals surface area contributed by atoms with E-state index in [0.717, 1.165) is 17.2 Å². The predicted molar refractivity (Wildman–Crippen MR) is 154 cm³/mol. The van der Waals surface area contributed by atoms with Gasteiger partial charge in [0, 0.05) is 12.1 Å². The van der Waals surface area contributed by atoms with Crippen LogP contribution in [0.4, 0.5) is 13.2 Å². The number of carbonyl (C=O) groups excluding carboxylic acids is 2. The summed E-state index contributed by atoms with van der Waals surface area (Å²) in [5.74, 6) is -0.455. The minimum Gasteiger partial charge on any atom is -0.486 e.